The van der Waals surface area contributed by atoms with Crippen molar-refractivity contribution in [2.24, 2.45) is 4.74 Å². The predicted octanol–water partition coefficient (Wildman–Crippen LogP) is 4.41. The number of rotatable bonds is 5. The van der Waals surface area contributed by atoms with Crippen LogP contribution in [0.5, 0.6) is 0 Å². The fraction of sp³-hybridized carbons (Fsp3) is 0.278. The van der Waals surface area contributed by atoms with Crippen molar-refractivity contribution < 1.29 is 9.53 Å². The van der Waals surface area contributed by atoms with Crippen molar-refractivity contribution in [3.63, 3.8) is 0 Å². The molecule has 0 saturated carbocycles. The number of carbonyl (C=O) groups is 1. The zero-order valence-electron chi connectivity index (χ0n) is 13.1. The van der Waals surface area contributed by atoms with E-state index in [0.29, 0.717) is 0 Å². The highest BCUT2D eigenvalue weighted by Crippen LogP contribution is 2.48. The van der Waals surface area contributed by atoms with Crippen LogP contribution in [0.15, 0.2) is 65.4 Å². The largest absolute Gasteiger partial charge is 0.451 e. The van der Waals surface area contributed by atoms with E-state index in [2.05, 4.69) is 35.9 Å². The number of hydrogen-bond donors (Lipinski definition) is 0. The Morgan fingerprint density at radius 3 is 1.91 bits per heavy atom. The zero-order valence-corrected chi connectivity index (χ0v) is 14.0. The summed E-state index contributed by atoms with van der Waals surface area (Å²) in [5, 5.41) is 2.25. The molecule has 1 amide bonds. The molecule has 0 unspecified atom stereocenters. The molecule has 0 bridgehead atoms. The van der Waals surface area contributed by atoms with Crippen LogP contribution in [0.2, 0.25) is 0 Å². The normalized spacial score (nSPS) is 11.0. The third-order valence-electron chi connectivity index (χ3n) is 3.63. The van der Waals surface area contributed by atoms with Crippen molar-refractivity contribution in [3.05, 3.63) is 60.7 Å². The van der Waals surface area contributed by atoms with Gasteiger partial charge in [0.15, 0.2) is 0 Å². The molecule has 2 aromatic rings. The van der Waals surface area contributed by atoms with Gasteiger partial charge in [0, 0.05) is 7.05 Å². The van der Waals surface area contributed by atoms with Gasteiger partial charge in [-0.25, -0.2) is 4.79 Å². The standard InChI is InChI=1S/C18H22NO2P/c1-3-4-15-22(19-18(20)21-2,16-11-7-5-8-12-16)17-13-9-6-10-14-17/h5-14H,3-4,15H2,1-2H3. The number of hydrogen-bond acceptors (Lipinski definition) is 2. The average molecular weight is 315 g/mol. The van der Waals surface area contributed by atoms with E-state index in [1.807, 2.05) is 36.4 Å². The minimum atomic E-state index is -2.14. The van der Waals surface area contributed by atoms with Crippen LogP contribution in [-0.4, -0.2) is 19.4 Å². The van der Waals surface area contributed by atoms with Crippen LogP contribution in [0.25, 0.3) is 0 Å². The van der Waals surface area contributed by atoms with Crippen LogP contribution < -0.4 is 10.6 Å². The summed E-state index contributed by atoms with van der Waals surface area (Å²) in [5.41, 5.74) is 0. The van der Waals surface area contributed by atoms with E-state index >= 15 is 0 Å². The number of nitrogens with zero attached hydrogens (tertiary/aromatic N) is 1. The Morgan fingerprint density at radius 2 is 1.50 bits per heavy atom. The van der Waals surface area contributed by atoms with E-state index in [9.17, 15) is 4.79 Å². The van der Waals surface area contributed by atoms with Crippen molar-refractivity contribution >= 4 is 23.8 Å². The number of unbranched alkanes of at least 4 members (excludes halogenated alkanes) is 1. The molecule has 4 heteroatoms. The molecule has 0 fully saturated rings. The number of benzene rings is 2. The van der Waals surface area contributed by atoms with Crippen LogP contribution >= 0.6 is 7.05 Å². The smallest absolute Gasteiger partial charge is 0.432 e. The lowest BCUT2D eigenvalue weighted by Gasteiger charge is -2.25. The first-order valence-electron chi connectivity index (χ1n) is 7.53. The summed E-state index contributed by atoms with van der Waals surface area (Å²) >= 11 is 0. The molecule has 0 aromatic heterocycles. The van der Waals surface area contributed by atoms with Gasteiger partial charge in [-0.2, -0.15) is 4.74 Å². The number of amides is 1. The first-order valence-corrected chi connectivity index (χ1v) is 9.46. The van der Waals surface area contributed by atoms with Crippen molar-refractivity contribution in [3.8, 4) is 0 Å². The Morgan fingerprint density at radius 1 is 1.00 bits per heavy atom. The summed E-state index contributed by atoms with van der Waals surface area (Å²) < 4.78 is 9.41. The number of ether oxygens (including phenoxy) is 1. The Bertz CT molecular complexity index is 610. The van der Waals surface area contributed by atoms with Gasteiger partial charge in [0.25, 0.3) is 0 Å². The molecule has 116 valence electrons. The van der Waals surface area contributed by atoms with Crippen LogP contribution in [0.3, 0.4) is 0 Å². The van der Waals surface area contributed by atoms with Crippen molar-refractivity contribution in [2.75, 3.05) is 13.3 Å². The molecule has 0 aliphatic carbocycles. The van der Waals surface area contributed by atoms with Gasteiger partial charge in [0.05, 0.1) is 7.11 Å². The minimum absolute atomic E-state index is 0.489. The molecule has 2 aromatic carbocycles. The second kappa shape index (κ2) is 7.95. The van der Waals surface area contributed by atoms with Gasteiger partial charge in [-0.15, -0.1) is 0 Å². The van der Waals surface area contributed by atoms with Crippen LogP contribution in [0.4, 0.5) is 4.79 Å². The quantitative estimate of drug-likeness (QED) is 0.767. The molecule has 3 nitrogen and oxygen atoms in total. The predicted molar refractivity (Wildman–Crippen MR) is 93.7 cm³/mol. The van der Waals surface area contributed by atoms with Gasteiger partial charge in [-0.1, -0.05) is 74.0 Å². The van der Waals surface area contributed by atoms with Gasteiger partial charge in [-0.3, -0.25) is 0 Å². The van der Waals surface area contributed by atoms with E-state index in [1.54, 1.807) is 0 Å². The van der Waals surface area contributed by atoms with Crippen LogP contribution in [0, 0.1) is 0 Å². The SMILES string of the molecule is CCCCP(=NC(=O)OC)(c1ccccc1)c1ccccc1. The summed E-state index contributed by atoms with van der Waals surface area (Å²) in [7, 11) is -0.754. The number of carbonyl (C=O) groups excluding carboxylic acids is 1. The van der Waals surface area contributed by atoms with E-state index in [1.165, 1.54) is 7.11 Å². The van der Waals surface area contributed by atoms with Gasteiger partial charge < -0.3 is 4.74 Å². The highest BCUT2D eigenvalue weighted by Gasteiger charge is 2.25. The minimum Gasteiger partial charge on any atom is -0.451 e. The maximum absolute atomic E-state index is 12.0. The van der Waals surface area contributed by atoms with Crippen LogP contribution in [-0.2, 0) is 4.74 Å². The third-order valence-corrected chi connectivity index (χ3v) is 7.40. The van der Waals surface area contributed by atoms with Gasteiger partial charge in [0.1, 0.15) is 0 Å². The lowest BCUT2D eigenvalue weighted by atomic mass is 10.4. The summed E-state index contributed by atoms with van der Waals surface area (Å²) in [6.45, 7) is 2.16. The molecule has 0 N–H and O–H groups in total. The molecule has 0 heterocycles. The average Bonchev–Trinajstić information content (AvgIpc) is 2.60. The highest BCUT2D eigenvalue weighted by molar-refractivity contribution is 7.81. The van der Waals surface area contributed by atoms with Crippen molar-refractivity contribution in [2.45, 2.75) is 19.8 Å². The third kappa shape index (κ3) is 3.66. The van der Waals surface area contributed by atoms with Crippen LogP contribution in [0.1, 0.15) is 19.8 Å². The Kier molecular flexibility index (Phi) is 5.97. The summed E-state index contributed by atoms with van der Waals surface area (Å²) in [6, 6.07) is 20.3. The van der Waals surface area contributed by atoms with Gasteiger partial charge >= 0.3 is 6.09 Å². The van der Waals surface area contributed by atoms with Gasteiger partial charge in [-0.05, 0) is 23.2 Å². The maximum Gasteiger partial charge on any atom is 0.432 e. The Balaban J connectivity index is 2.69. The first-order chi connectivity index (χ1) is 10.7. The molecule has 22 heavy (non-hydrogen) atoms. The molecule has 0 aliphatic rings. The molecule has 0 atom stereocenters. The molecule has 0 radical (unpaired) electrons. The fourth-order valence-corrected chi connectivity index (χ4v) is 6.10. The van der Waals surface area contributed by atoms with Gasteiger partial charge in [0.2, 0.25) is 0 Å². The second-order valence-electron chi connectivity index (χ2n) is 5.09. The van der Waals surface area contributed by atoms with E-state index in [-0.39, 0.29) is 0 Å². The van der Waals surface area contributed by atoms with Crippen molar-refractivity contribution in [1.82, 2.24) is 0 Å². The lowest BCUT2D eigenvalue weighted by molar-refractivity contribution is 0.183. The number of methoxy groups -OCH3 is 1. The molecular formula is C18H22NO2P. The summed E-state index contributed by atoms with van der Waals surface area (Å²) in [6.07, 6.45) is 2.49. The second-order valence-corrected chi connectivity index (χ2v) is 8.31. The molecule has 0 saturated heterocycles. The molecular weight excluding hydrogens is 293 g/mol. The van der Waals surface area contributed by atoms with E-state index < -0.39 is 13.1 Å². The molecule has 0 spiro atoms. The Hall–Kier alpha value is -1.86. The first kappa shape index (κ1) is 16.5. The molecule has 2 rings (SSSR count). The topological polar surface area (TPSA) is 38.7 Å². The highest BCUT2D eigenvalue weighted by atomic mass is 31.2. The zero-order chi connectivity index (χ0) is 15.8. The molecule has 0 aliphatic heterocycles. The summed E-state index contributed by atoms with van der Waals surface area (Å²) in [4.78, 5) is 12.0. The monoisotopic (exact) mass is 315 g/mol. The van der Waals surface area contributed by atoms with E-state index in [0.717, 1.165) is 29.6 Å². The lowest BCUT2D eigenvalue weighted by Crippen LogP contribution is -2.20. The van der Waals surface area contributed by atoms with Crippen molar-refractivity contribution in [1.29, 1.82) is 0 Å². The fourth-order valence-electron chi connectivity index (χ4n) is 2.49. The Labute approximate surface area is 132 Å². The maximum atomic E-state index is 12.0. The summed E-state index contributed by atoms with van der Waals surface area (Å²) in [5.74, 6) is 0. The van der Waals surface area contributed by atoms with E-state index in [4.69, 9.17) is 4.74 Å².